The van der Waals surface area contributed by atoms with Crippen molar-refractivity contribution in [3.05, 3.63) is 18.2 Å². The predicted octanol–water partition coefficient (Wildman–Crippen LogP) is 2.13. The van der Waals surface area contributed by atoms with Gasteiger partial charge in [-0.2, -0.15) is 0 Å². The number of hydrogen-bond acceptors (Lipinski definition) is 5. The second kappa shape index (κ2) is 8.93. The van der Waals surface area contributed by atoms with E-state index in [2.05, 4.69) is 15.6 Å². The van der Waals surface area contributed by atoms with E-state index >= 15 is 0 Å². The molecule has 142 valence electrons. The van der Waals surface area contributed by atoms with Crippen LogP contribution in [0.25, 0.3) is 0 Å². The molecule has 0 atom stereocenters. The van der Waals surface area contributed by atoms with Gasteiger partial charge in [0.1, 0.15) is 9.84 Å². The maximum Gasteiger partial charge on any atom is 0.195 e. The number of sulfone groups is 1. The highest BCUT2D eigenvalue weighted by molar-refractivity contribution is 14.0. The van der Waals surface area contributed by atoms with Crippen LogP contribution in [-0.4, -0.2) is 54.2 Å². The van der Waals surface area contributed by atoms with E-state index in [4.69, 9.17) is 9.47 Å². The molecule has 0 spiro atoms. The van der Waals surface area contributed by atoms with E-state index < -0.39 is 9.84 Å². The minimum atomic E-state index is -2.98. The van der Waals surface area contributed by atoms with Gasteiger partial charge in [0.15, 0.2) is 17.5 Å². The zero-order valence-electron chi connectivity index (χ0n) is 15.0. The van der Waals surface area contributed by atoms with Gasteiger partial charge in [0, 0.05) is 37.0 Å². The molecule has 2 rings (SSSR count). The highest BCUT2D eigenvalue weighted by Gasteiger charge is 2.45. The highest BCUT2D eigenvalue weighted by Crippen LogP contribution is 2.46. The van der Waals surface area contributed by atoms with Crippen molar-refractivity contribution in [3.8, 4) is 11.5 Å². The zero-order valence-corrected chi connectivity index (χ0v) is 18.1. The van der Waals surface area contributed by atoms with Gasteiger partial charge in [0.05, 0.1) is 20.0 Å². The van der Waals surface area contributed by atoms with Crippen LogP contribution in [-0.2, 0) is 9.84 Å². The lowest BCUT2D eigenvalue weighted by Crippen LogP contribution is -2.37. The second-order valence-electron chi connectivity index (χ2n) is 6.19. The van der Waals surface area contributed by atoms with Gasteiger partial charge in [-0.25, -0.2) is 8.42 Å². The summed E-state index contributed by atoms with van der Waals surface area (Å²) in [6, 6.07) is 5.48. The number of halogens is 1. The summed E-state index contributed by atoms with van der Waals surface area (Å²) in [6.45, 7) is 0.576. The fourth-order valence-electron chi connectivity index (χ4n) is 2.61. The van der Waals surface area contributed by atoms with Gasteiger partial charge in [-0.1, -0.05) is 0 Å². The molecule has 0 aromatic heterocycles. The van der Waals surface area contributed by atoms with Gasteiger partial charge in [-0.15, -0.1) is 24.0 Å². The summed E-state index contributed by atoms with van der Waals surface area (Å²) in [5.41, 5.74) is 0.636. The third-order valence-electron chi connectivity index (χ3n) is 4.03. The largest absolute Gasteiger partial charge is 0.493 e. The summed E-state index contributed by atoms with van der Waals surface area (Å²) in [5, 5.41) is 6.38. The minimum Gasteiger partial charge on any atom is -0.493 e. The molecular formula is C16H26IN3O4S. The van der Waals surface area contributed by atoms with E-state index in [9.17, 15) is 8.42 Å². The minimum absolute atomic E-state index is 0. The monoisotopic (exact) mass is 483 g/mol. The summed E-state index contributed by atoms with van der Waals surface area (Å²) in [6.07, 6.45) is 3.12. The molecule has 25 heavy (non-hydrogen) atoms. The molecular weight excluding hydrogens is 457 g/mol. The first-order chi connectivity index (χ1) is 11.3. The van der Waals surface area contributed by atoms with Gasteiger partial charge in [-0.05, 0) is 25.0 Å². The molecule has 0 aliphatic heterocycles. The number of methoxy groups -OCH3 is 2. The van der Waals surface area contributed by atoms with Crippen molar-refractivity contribution in [2.45, 2.75) is 12.8 Å². The molecule has 1 aromatic carbocycles. The van der Waals surface area contributed by atoms with E-state index in [1.807, 2.05) is 12.1 Å². The second-order valence-corrected chi connectivity index (χ2v) is 8.33. The van der Waals surface area contributed by atoms with Crippen molar-refractivity contribution in [1.29, 1.82) is 0 Å². The van der Waals surface area contributed by atoms with Crippen LogP contribution in [0.1, 0.15) is 12.8 Å². The van der Waals surface area contributed by atoms with E-state index in [0.717, 1.165) is 18.5 Å². The lowest BCUT2D eigenvalue weighted by Gasteiger charge is -2.18. The fraction of sp³-hybridized carbons (Fsp3) is 0.562. The molecule has 1 fully saturated rings. The molecule has 0 saturated heterocycles. The smallest absolute Gasteiger partial charge is 0.195 e. The van der Waals surface area contributed by atoms with E-state index in [-0.39, 0.29) is 35.1 Å². The first-order valence-electron chi connectivity index (χ1n) is 7.68. The van der Waals surface area contributed by atoms with Crippen LogP contribution in [0.2, 0.25) is 0 Å². The predicted molar refractivity (Wildman–Crippen MR) is 111 cm³/mol. The number of guanidine groups is 1. The number of ether oxygens (including phenoxy) is 2. The topological polar surface area (TPSA) is 89.0 Å². The lowest BCUT2D eigenvalue weighted by atomic mass is 10.1. The van der Waals surface area contributed by atoms with Crippen molar-refractivity contribution in [1.82, 2.24) is 5.32 Å². The van der Waals surface area contributed by atoms with Gasteiger partial charge in [0.2, 0.25) is 0 Å². The summed E-state index contributed by atoms with van der Waals surface area (Å²) < 4.78 is 33.5. The number of rotatable bonds is 7. The maximum absolute atomic E-state index is 11.5. The number of anilines is 1. The van der Waals surface area contributed by atoms with Crippen LogP contribution < -0.4 is 20.1 Å². The van der Waals surface area contributed by atoms with Crippen LogP contribution in [0, 0.1) is 5.41 Å². The third kappa shape index (κ3) is 6.53. The van der Waals surface area contributed by atoms with Gasteiger partial charge < -0.3 is 20.1 Å². The van der Waals surface area contributed by atoms with E-state index in [1.165, 1.54) is 6.26 Å². The van der Waals surface area contributed by atoms with Crippen molar-refractivity contribution < 1.29 is 17.9 Å². The Balaban J connectivity index is 0.00000312. The first kappa shape index (κ1) is 21.8. The van der Waals surface area contributed by atoms with E-state index in [1.54, 1.807) is 27.3 Å². The zero-order chi connectivity index (χ0) is 17.8. The van der Waals surface area contributed by atoms with Crippen LogP contribution in [0.15, 0.2) is 23.2 Å². The molecule has 0 unspecified atom stereocenters. The fourth-order valence-corrected chi connectivity index (χ4v) is 4.11. The quantitative estimate of drug-likeness (QED) is 0.351. The average Bonchev–Trinajstić information content (AvgIpc) is 3.28. The number of nitrogens with zero attached hydrogens (tertiary/aromatic N) is 1. The number of hydrogen-bond donors (Lipinski definition) is 2. The molecule has 0 heterocycles. The summed E-state index contributed by atoms with van der Waals surface area (Å²) in [5.74, 6) is 2.06. The lowest BCUT2D eigenvalue weighted by molar-refractivity contribution is 0.355. The highest BCUT2D eigenvalue weighted by atomic mass is 127. The van der Waals surface area contributed by atoms with Crippen LogP contribution in [0.3, 0.4) is 0 Å². The average molecular weight is 483 g/mol. The van der Waals surface area contributed by atoms with Crippen LogP contribution in [0.5, 0.6) is 11.5 Å². The Kier molecular flexibility index (Phi) is 7.79. The maximum atomic E-state index is 11.5. The molecule has 0 bridgehead atoms. The Hall–Kier alpha value is -1.23. The van der Waals surface area contributed by atoms with Crippen molar-refractivity contribution in [2.75, 3.05) is 45.1 Å². The molecule has 1 aliphatic carbocycles. The standard InChI is InChI=1S/C16H25N3O4S.HI/c1-17-15(18-10-16(7-8-16)11-24(4,20)21)19-12-5-6-13(22-2)14(9-12)23-3;/h5-6,9H,7-8,10-11H2,1-4H3,(H2,17,18,19);1H. The third-order valence-corrected chi connectivity index (χ3v) is 5.16. The Morgan fingerprint density at radius 2 is 1.88 bits per heavy atom. The van der Waals surface area contributed by atoms with Gasteiger partial charge in [-0.3, -0.25) is 4.99 Å². The molecule has 1 saturated carbocycles. The molecule has 1 aromatic rings. The Morgan fingerprint density at radius 1 is 1.24 bits per heavy atom. The van der Waals surface area contributed by atoms with Crippen molar-refractivity contribution >= 4 is 45.5 Å². The van der Waals surface area contributed by atoms with E-state index in [0.29, 0.717) is 24.0 Å². The Labute approximate surface area is 166 Å². The number of aliphatic imine (C=N–C) groups is 1. The Morgan fingerprint density at radius 3 is 2.36 bits per heavy atom. The summed E-state index contributed by atoms with van der Waals surface area (Å²) in [7, 11) is 1.86. The van der Waals surface area contributed by atoms with Crippen LogP contribution in [0.4, 0.5) is 5.69 Å². The molecule has 1 aliphatic rings. The van der Waals surface area contributed by atoms with Crippen LogP contribution >= 0.6 is 24.0 Å². The van der Waals surface area contributed by atoms with Gasteiger partial charge in [0.25, 0.3) is 0 Å². The summed E-state index contributed by atoms with van der Waals surface area (Å²) >= 11 is 0. The summed E-state index contributed by atoms with van der Waals surface area (Å²) in [4.78, 5) is 4.18. The van der Waals surface area contributed by atoms with Crippen molar-refractivity contribution in [2.24, 2.45) is 10.4 Å². The molecule has 9 heteroatoms. The SMILES string of the molecule is CN=C(NCC1(CS(C)(=O)=O)CC1)Nc1ccc(OC)c(OC)c1.I. The number of benzene rings is 1. The first-order valence-corrected chi connectivity index (χ1v) is 9.74. The molecule has 0 radical (unpaired) electrons. The van der Waals surface area contributed by atoms with Crippen molar-refractivity contribution in [3.63, 3.8) is 0 Å². The normalized spacial score (nSPS) is 15.8. The van der Waals surface area contributed by atoms with Gasteiger partial charge >= 0.3 is 0 Å². The Bertz CT molecular complexity index is 718. The molecule has 2 N–H and O–H groups in total. The molecule has 7 nitrogen and oxygen atoms in total. The number of nitrogens with one attached hydrogen (secondary N) is 2. The molecule has 0 amide bonds.